The second kappa shape index (κ2) is 12.4. The van der Waals surface area contributed by atoms with E-state index in [1.807, 2.05) is 72.8 Å². The predicted molar refractivity (Wildman–Crippen MR) is 194 cm³/mol. The van der Waals surface area contributed by atoms with Crippen molar-refractivity contribution in [3.8, 4) is 67.8 Å². The maximum Gasteiger partial charge on any atom is 0.140 e. The van der Waals surface area contributed by atoms with Gasteiger partial charge in [0.05, 0.1) is 22.8 Å². The minimum absolute atomic E-state index is 0.726. The Balaban J connectivity index is 1.41. The van der Waals surface area contributed by atoms with E-state index < -0.39 is 0 Å². The van der Waals surface area contributed by atoms with Crippen LogP contribution in [0.5, 0.6) is 0 Å². The van der Waals surface area contributed by atoms with E-state index in [9.17, 15) is 0 Å². The van der Waals surface area contributed by atoms with Crippen LogP contribution in [0.4, 0.5) is 0 Å². The molecule has 44 heavy (non-hydrogen) atoms. The monoisotopic (exact) mass is 826 g/mol. The average molecular weight is 830 g/mol. The predicted octanol–water partition coefficient (Wildman–Crippen LogP) is 12.2. The number of imidazole rings is 2. The fourth-order valence-corrected chi connectivity index (χ4v) is 8.14. The van der Waals surface area contributed by atoms with Crippen LogP contribution in [0.25, 0.3) is 67.8 Å². The lowest BCUT2D eigenvalue weighted by molar-refractivity contribution is 1.26. The van der Waals surface area contributed by atoms with Gasteiger partial charge in [-0.25, -0.2) is 9.97 Å². The number of nitrogens with zero attached hydrogens (tertiary/aromatic N) is 2. The highest BCUT2D eigenvalue weighted by atomic mass is 79.9. The van der Waals surface area contributed by atoms with Crippen LogP contribution in [-0.4, -0.2) is 19.9 Å². The zero-order chi connectivity index (χ0) is 30.2. The molecule has 7 aromatic rings. The van der Waals surface area contributed by atoms with E-state index in [2.05, 4.69) is 122 Å². The van der Waals surface area contributed by atoms with Crippen molar-refractivity contribution in [1.29, 1.82) is 0 Å². The van der Waals surface area contributed by atoms with Crippen LogP contribution in [0.1, 0.15) is 0 Å². The molecule has 214 valence electrons. The zero-order valence-electron chi connectivity index (χ0n) is 23.0. The molecule has 0 aliphatic rings. The van der Waals surface area contributed by atoms with Gasteiger partial charge in [-0.3, -0.25) is 0 Å². The van der Waals surface area contributed by atoms with Gasteiger partial charge in [-0.2, -0.15) is 0 Å². The lowest BCUT2D eigenvalue weighted by Crippen LogP contribution is -1.94. The van der Waals surface area contributed by atoms with Crippen LogP contribution < -0.4 is 0 Å². The Morgan fingerprint density at radius 2 is 0.636 bits per heavy atom. The summed E-state index contributed by atoms with van der Waals surface area (Å²) in [5, 5.41) is 0. The minimum Gasteiger partial charge on any atom is -0.337 e. The molecule has 4 nitrogen and oxygen atoms in total. The SMILES string of the molecule is Brc1c(Br)c(-c2nc(-c3ccccc3)c(-c3ccccc3)[nH]2)c(Br)c(Br)c1-c1nc(-c2ccccc2)c(-c2ccccc2)[nH]1. The molecule has 0 fully saturated rings. The highest BCUT2D eigenvalue weighted by molar-refractivity contribution is 9.14. The Hall–Kier alpha value is -3.56. The number of hydrogen-bond donors (Lipinski definition) is 2. The molecule has 0 spiro atoms. The first kappa shape index (κ1) is 29.2. The molecule has 2 heterocycles. The molecule has 0 amide bonds. The van der Waals surface area contributed by atoms with E-state index in [0.29, 0.717) is 0 Å². The number of hydrogen-bond acceptors (Lipinski definition) is 2. The van der Waals surface area contributed by atoms with Crippen LogP contribution in [0.3, 0.4) is 0 Å². The minimum atomic E-state index is 0.726. The molecule has 7 rings (SSSR count). The first-order valence-corrected chi connectivity index (χ1v) is 17.0. The van der Waals surface area contributed by atoms with E-state index in [1.165, 1.54) is 0 Å². The fourth-order valence-electron chi connectivity index (χ4n) is 5.27. The van der Waals surface area contributed by atoms with Crippen LogP contribution in [0.15, 0.2) is 139 Å². The molecule has 5 aromatic carbocycles. The molecule has 0 atom stereocenters. The number of rotatable bonds is 6. The van der Waals surface area contributed by atoms with E-state index in [1.54, 1.807) is 0 Å². The number of benzene rings is 5. The number of aromatic nitrogens is 4. The van der Waals surface area contributed by atoms with Gasteiger partial charge in [-0.15, -0.1) is 0 Å². The maximum absolute atomic E-state index is 5.15. The van der Waals surface area contributed by atoms with Crippen molar-refractivity contribution in [3.05, 3.63) is 139 Å². The summed E-state index contributed by atoms with van der Waals surface area (Å²) in [5.74, 6) is 1.45. The topological polar surface area (TPSA) is 57.4 Å². The molecule has 0 bridgehead atoms. The summed E-state index contributed by atoms with van der Waals surface area (Å²) in [5.41, 5.74) is 9.62. The Bertz CT molecular complexity index is 1790. The maximum atomic E-state index is 5.15. The Morgan fingerprint density at radius 1 is 0.364 bits per heavy atom. The molecule has 0 unspecified atom stereocenters. The summed E-state index contributed by atoms with van der Waals surface area (Å²) in [6.07, 6.45) is 0. The molecule has 2 N–H and O–H groups in total. The highest BCUT2D eigenvalue weighted by Gasteiger charge is 2.27. The smallest absolute Gasteiger partial charge is 0.140 e. The van der Waals surface area contributed by atoms with Gasteiger partial charge >= 0.3 is 0 Å². The molecular weight excluding hydrogens is 808 g/mol. The fraction of sp³-hybridized carbons (Fsp3) is 0. The van der Waals surface area contributed by atoms with E-state index in [-0.39, 0.29) is 0 Å². The van der Waals surface area contributed by atoms with Gasteiger partial charge < -0.3 is 9.97 Å². The molecule has 8 heteroatoms. The number of H-pyrrole nitrogens is 2. The van der Waals surface area contributed by atoms with Gasteiger partial charge in [0.25, 0.3) is 0 Å². The Labute approximate surface area is 288 Å². The lowest BCUT2D eigenvalue weighted by atomic mass is 10.1. The van der Waals surface area contributed by atoms with Gasteiger partial charge in [0, 0.05) is 51.3 Å². The quantitative estimate of drug-likeness (QED) is 0.164. The van der Waals surface area contributed by atoms with Gasteiger partial charge in [0.1, 0.15) is 11.6 Å². The van der Waals surface area contributed by atoms with Crippen molar-refractivity contribution in [1.82, 2.24) is 19.9 Å². The number of halogens is 4. The summed E-state index contributed by atoms with van der Waals surface area (Å²) in [6, 6.07) is 41.0. The average Bonchev–Trinajstić information content (AvgIpc) is 3.72. The van der Waals surface area contributed by atoms with Crippen molar-refractivity contribution >= 4 is 63.7 Å². The molecule has 2 aromatic heterocycles. The molecule has 0 aliphatic carbocycles. The Morgan fingerprint density at radius 3 is 0.932 bits per heavy atom. The zero-order valence-corrected chi connectivity index (χ0v) is 29.3. The highest BCUT2D eigenvalue weighted by Crippen LogP contribution is 2.50. The van der Waals surface area contributed by atoms with Gasteiger partial charge in [-0.05, 0) is 63.7 Å². The van der Waals surface area contributed by atoms with Crippen LogP contribution >= 0.6 is 63.7 Å². The second-order valence-corrected chi connectivity index (χ2v) is 13.3. The van der Waals surface area contributed by atoms with Crippen molar-refractivity contribution in [2.24, 2.45) is 0 Å². The van der Waals surface area contributed by atoms with Gasteiger partial charge in [-0.1, -0.05) is 121 Å². The van der Waals surface area contributed by atoms with Crippen molar-refractivity contribution < 1.29 is 0 Å². The van der Waals surface area contributed by atoms with Gasteiger partial charge in [0.2, 0.25) is 0 Å². The van der Waals surface area contributed by atoms with Crippen molar-refractivity contribution in [2.75, 3.05) is 0 Å². The van der Waals surface area contributed by atoms with E-state index in [4.69, 9.17) is 9.97 Å². The molecular formula is C36H22Br4N4. The molecule has 0 saturated carbocycles. The lowest BCUT2D eigenvalue weighted by Gasteiger charge is -2.14. The molecule has 0 radical (unpaired) electrons. The third-order valence-corrected chi connectivity index (χ3v) is 11.6. The summed E-state index contributed by atoms with van der Waals surface area (Å²) in [7, 11) is 0. The van der Waals surface area contributed by atoms with Crippen molar-refractivity contribution in [3.63, 3.8) is 0 Å². The first-order chi connectivity index (χ1) is 21.5. The van der Waals surface area contributed by atoms with Crippen LogP contribution in [-0.2, 0) is 0 Å². The number of nitrogens with one attached hydrogen (secondary N) is 2. The van der Waals surface area contributed by atoms with Gasteiger partial charge in [0.15, 0.2) is 0 Å². The molecule has 0 saturated heterocycles. The standard InChI is InChI=1S/C36H22Br4N4/c37-27-25(35-41-31(21-13-5-1-6-14-21)32(42-35)22-15-7-2-8-16-22)28(38)30(40)26(29(27)39)36-43-33(23-17-9-3-10-18-23)34(44-36)24-19-11-4-12-20-24/h1-20H,(H,41,42)(H,43,44). The summed E-state index contributed by atoms with van der Waals surface area (Å²) in [6.45, 7) is 0. The van der Waals surface area contributed by atoms with E-state index >= 15 is 0 Å². The summed E-state index contributed by atoms with van der Waals surface area (Å²) in [4.78, 5) is 17.6. The van der Waals surface area contributed by atoms with E-state index in [0.717, 1.165) is 85.7 Å². The summed E-state index contributed by atoms with van der Waals surface area (Å²) >= 11 is 15.6. The third kappa shape index (κ3) is 5.34. The Kier molecular flexibility index (Phi) is 8.25. The molecule has 0 aliphatic heterocycles. The van der Waals surface area contributed by atoms with Crippen molar-refractivity contribution in [2.45, 2.75) is 0 Å². The second-order valence-electron chi connectivity index (χ2n) is 10.1. The largest absolute Gasteiger partial charge is 0.337 e. The first-order valence-electron chi connectivity index (χ1n) is 13.8. The number of aromatic amines is 2. The van der Waals surface area contributed by atoms with Crippen LogP contribution in [0.2, 0.25) is 0 Å². The normalized spacial score (nSPS) is 11.2. The van der Waals surface area contributed by atoms with Crippen LogP contribution in [0, 0.1) is 0 Å². The summed E-state index contributed by atoms with van der Waals surface area (Å²) < 4.78 is 3.37. The third-order valence-electron chi connectivity index (χ3n) is 7.36.